The number of rotatable bonds is 3. The highest BCUT2D eigenvalue weighted by Gasteiger charge is 2.36. The Morgan fingerprint density at radius 1 is 1.58 bits per heavy atom. The molecule has 0 radical (unpaired) electrons. The molecule has 0 aliphatic carbocycles. The van der Waals surface area contributed by atoms with Crippen molar-refractivity contribution in [2.45, 2.75) is 39.0 Å². The van der Waals surface area contributed by atoms with Crippen molar-refractivity contribution in [3.05, 3.63) is 0 Å². The summed E-state index contributed by atoms with van der Waals surface area (Å²) in [6.45, 7) is 8.41. The van der Waals surface area contributed by atoms with Crippen molar-refractivity contribution in [2.75, 3.05) is 19.7 Å². The average molecular weight is 173 g/mol. The molecule has 1 atom stereocenters. The predicted molar refractivity (Wildman–Crippen MR) is 47.9 cm³/mol. The summed E-state index contributed by atoms with van der Waals surface area (Å²) in [4.78, 5) is 2.27. The summed E-state index contributed by atoms with van der Waals surface area (Å²) >= 11 is 0. The van der Waals surface area contributed by atoms with E-state index in [1.807, 2.05) is 0 Å². The maximum Gasteiger partial charge on any atom is 0.116 e. The Bertz CT molecular complexity index is 147. The Morgan fingerprint density at radius 3 is 2.67 bits per heavy atom. The lowest BCUT2D eigenvalue weighted by Gasteiger charge is -2.29. The van der Waals surface area contributed by atoms with E-state index < -0.39 is 0 Å². The zero-order valence-corrected chi connectivity index (χ0v) is 8.21. The first-order valence-electron chi connectivity index (χ1n) is 4.60. The molecule has 0 amide bonds. The van der Waals surface area contributed by atoms with Crippen LogP contribution < -0.4 is 0 Å². The van der Waals surface area contributed by atoms with E-state index >= 15 is 0 Å². The van der Waals surface area contributed by atoms with Gasteiger partial charge < -0.3 is 9.84 Å². The van der Waals surface area contributed by atoms with Gasteiger partial charge >= 0.3 is 0 Å². The fourth-order valence-electron chi connectivity index (χ4n) is 1.76. The summed E-state index contributed by atoms with van der Waals surface area (Å²) in [5.74, 6) is 0. The lowest BCUT2D eigenvalue weighted by atomic mass is 10.2. The van der Waals surface area contributed by atoms with Crippen LogP contribution in [0.5, 0.6) is 0 Å². The van der Waals surface area contributed by atoms with Crippen LogP contribution >= 0.6 is 0 Å². The van der Waals surface area contributed by atoms with Gasteiger partial charge in [0.2, 0.25) is 0 Å². The van der Waals surface area contributed by atoms with Gasteiger partial charge in [-0.25, -0.2) is 0 Å². The minimum atomic E-state index is -0.144. The quantitative estimate of drug-likeness (QED) is 0.686. The van der Waals surface area contributed by atoms with Gasteiger partial charge in [0, 0.05) is 19.7 Å². The molecule has 3 heteroatoms. The van der Waals surface area contributed by atoms with Gasteiger partial charge in [-0.15, -0.1) is 0 Å². The second-order valence-electron chi connectivity index (χ2n) is 3.90. The van der Waals surface area contributed by atoms with E-state index in [1.54, 1.807) is 0 Å². The normalized spacial score (nSPS) is 29.5. The Kier molecular flexibility index (Phi) is 3.09. The molecule has 3 nitrogen and oxygen atoms in total. The molecule has 1 saturated heterocycles. The molecule has 72 valence electrons. The van der Waals surface area contributed by atoms with Crippen LogP contribution in [0.3, 0.4) is 0 Å². The third kappa shape index (κ3) is 2.19. The Morgan fingerprint density at radius 2 is 2.25 bits per heavy atom. The highest BCUT2D eigenvalue weighted by atomic mass is 16.5. The molecule has 12 heavy (non-hydrogen) atoms. The van der Waals surface area contributed by atoms with E-state index in [4.69, 9.17) is 9.84 Å². The van der Waals surface area contributed by atoms with Crippen LogP contribution in [0.4, 0.5) is 0 Å². The van der Waals surface area contributed by atoms with Gasteiger partial charge in [0.05, 0.1) is 6.10 Å². The molecule has 1 N–H and O–H groups in total. The topological polar surface area (TPSA) is 32.7 Å². The molecule has 0 aromatic heterocycles. The monoisotopic (exact) mass is 173 g/mol. The SMILES string of the molecule is CC1CN(CCCO)C(C)(C)O1. The van der Waals surface area contributed by atoms with Crippen LogP contribution in [-0.2, 0) is 4.74 Å². The Labute approximate surface area is 74.3 Å². The van der Waals surface area contributed by atoms with Gasteiger partial charge in [-0.2, -0.15) is 0 Å². The van der Waals surface area contributed by atoms with Crippen molar-refractivity contribution >= 4 is 0 Å². The zero-order valence-electron chi connectivity index (χ0n) is 8.21. The minimum absolute atomic E-state index is 0.144. The Balaban J connectivity index is 2.42. The number of aliphatic hydroxyl groups is 1. The molecule has 1 aliphatic rings. The largest absolute Gasteiger partial charge is 0.396 e. The highest BCUT2D eigenvalue weighted by Crippen LogP contribution is 2.25. The van der Waals surface area contributed by atoms with Gasteiger partial charge in [0.1, 0.15) is 5.72 Å². The highest BCUT2D eigenvalue weighted by molar-refractivity contribution is 4.81. The average Bonchev–Trinajstić information content (AvgIpc) is 2.20. The maximum absolute atomic E-state index is 8.70. The van der Waals surface area contributed by atoms with Gasteiger partial charge in [-0.05, 0) is 27.2 Å². The summed E-state index contributed by atoms with van der Waals surface area (Å²) < 4.78 is 5.70. The number of hydrogen-bond acceptors (Lipinski definition) is 3. The van der Waals surface area contributed by atoms with Crippen LogP contribution in [0.1, 0.15) is 27.2 Å². The Hall–Kier alpha value is -0.120. The maximum atomic E-state index is 8.70. The van der Waals surface area contributed by atoms with Crippen molar-refractivity contribution in [3.63, 3.8) is 0 Å². The molecule has 1 rings (SSSR count). The molecule has 0 bridgehead atoms. The first-order chi connectivity index (χ1) is 5.56. The fourth-order valence-corrected chi connectivity index (χ4v) is 1.76. The van der Waals surface area contributed by atoms with Gasteiger partial charge in [-0.1, -0.05) is 0 Å². The third-order valence-electron chi connectivity index (χ3n) is 2.31. The number of nitrogens with zero attached hydrogens (tertiary/aromatic N) is 1. The van der Waals surface area contributed by atoms with E-state index in [2.05, 4.69) is 25.7 Å². The first kappa shape index (κ1) is 9.96. The third-order valence-corrected chi connectivity index (χ3v) is 2.31. The lowest BCUT2D eigenvalue weighted by Crippen LogP contribution is -2.39. The molecule has 1 heterocycles. The number of hydrogen-bond donors (Lipinski definition) is 1. The predicted octanol–water partition coefficient (Wildman–Crippen LogP) is 0.826. The van der Waals surface area contributed by atoms with Crippen molar-refractivity contribution in [3.8, 4) is 0 Å². The lowest BCUT2D eigenvalue weighted by molar-refractivity contribution is -0.0718. The van der Waals surface area contributed by atoms with Crippen LogP contribution in [0.2, 0.25) is 0 Å². The van der Waals surface area contributed by atoms with Gasteiger partial charge in [0.15, 0.2) is 0 Å². The van der Waals surface area contributed by atoms with Gasteiger partial charge in [-0.3, -0.25) is 4.90 Å². The summed E-state index contributed by atoms with van der Waals surface area (Å²) in [5.41, 5.74) is -0.144. The summed E-state index contributed by atoms with van der Waals surface area (Å²) in [5, 5.41) is 8.70. The number of aliphatic hydroxyl groups excluding tert-OH is 1. The second kappa shape index (κ2) is 3.73. The molecule has 1 aliphatic heterocycles. The first-order valence-corrected chi connectivity index (χ1v) is 4.60. The molecule has 1 fully saturated rings. The molecular formula is C9H19NO2. The van der Waals surface area contributed by atoms with E-state index in [0.29, 0.717) is 6.10 Å². The minimum Gasteiger partial charge on any atom is -0.396 e. The van der Waals surface area contributed by atoms with Crippen molar-refractivity contribution in [2.24, 2.45) is 0 Å². The van der Waals surface area contributed by atoms with E-state index in [9.17, 15) is 0 Å². The van der Waals surface area contributed by atoms with Crippen LogP contribution in [0.15, 0.2) is 0 Å². The second-order valence-corrected chi connectivity index (χ2v) is 3.90. The zero-order chi connectivity index (χ0) is 9.19. The van der Waals surface area contributed by atoms with Crippen molar-refractivity contribution in [1.29, 1.82) is 0 Å². The molecule has 0 spiro atoms. The van der Waals surface area contributed by atoms with Crippen molar-refractivity contribution in [1.82, 2.24) is 4.90 Å². The smallest absolute Gasteiger partial charge is 0.116 e. The molecular weight excluding hydrogens is 154 g/mol. The number of ether oxygens (including phenoxy) is 1. The van der Waals surface area contributed by atoms with Crippen molar-refractivity contribution < 1.29 is 9.84 Å². The molecule has 0 aromatic rings. The standard InChI is InChI=1S/C9H19NO2/c1-8-7-10(5-4-6-11)9(2,3)12-8/h8,11H,4-7H2,1-3H3. The van der Waals surface area contributed by atoms with E-state index in [1.165, 1.54) is 0 Å². The van der Waals surface area contributed by atoms with E-state index in [-0.39, 0.29) is 12.3 Å². The van der Waals surface area contributed by atoms with E-state index in [0.717, 1.165) is 19.5 Å². The molecule has 0 saturated carbocycles. The summed E-state index contributed by atoms with van der Waals surface area (Å²) in [6.07, 6.45) is 1.15. The summed E-state index contributed by atoms with van der Waals surface area (Å²) in [7, 11) is 0. The summed E-state index contributed by atoms with van der Waals surface area (Å²) in [6, 6.07) is 0. The fraction of sp³-hybridized carbons (Fsp3) is 1.00. The van der Waals surface area contributed by atoms with Crippen LogP contribution in [0.25, 0.3) is 0 Å². The van der Waals surface area contributed by atoms with Gasteiger partial charge in [0.25, 0.3) is 0 Å². The van der Waals surface area contributed by atoms with Crippen LogP contribution in [-0.4, -0.2) is 41.5 Å². The molecule has 0 aromatic carbocycles. The molecule has 1 unspecified atom stereocenters. The van der Waals surface area contributed by atoms with Crippen LogP contribution in [0, 0.1) is 0 Å².